The van der Waals surface area contributed by atoms with Crippen molar-refractivity contribution in [3.8, 4) is 16.9 Å². The molecule has 21 heavy (non-hydrogen) atoms. The van der Waals surface area contributed by atoms with E-state index < -0.39 is 17.2 Å². The predicted octanol–water partition coefficient (Wildman–Crippen LogP) is 2.31. The van der Waals surface area contributed by atoms with E-state index in [4.69, 9.17) is 22.1 Å². The number of nitrogen functional groups attached to an aromatic ring is 1. The van der Waals surface area contributed by atoms with Gasteiger partial charge in [-0.25, -0.2) is 8.78 Å². The molecule has 0 atom stereocenters. The van der Waals surface area contributed by atoms with Gasteiger partial charge in [-0.1, -0.05) is 11.6 Å². The maximum absolute atomic E-state index is 14.2. The highest BCUT2D eigenvalue weighted by atomic mass is 35.5. The lowest BCUT2D eigenvalue weighted by molar-refractivity contribution is 0.407. The van der Waals surface area contributed by atoms with Crippen LogP contribution >= 0.6 is 11.6 Å². The third-order valence-electron chi connectivity index (χ3n) is 2.92. The molecule has 0 saturated heterocycles. The van der Waals surface area contributed by atoms with Crippen molar-refractivity contribution in [3.63, 3.8) is 0 Å². The predicted molar refractivity (Wildman–Crippen MR) is 72.1 cm³/mol. The zero-order valence-corrected chi connectivity index (χ0v) is 11.4. The van der Waals surface area contributed by atoms with Gasteiger partial charge >= 0.3 is 0 Å². The number of nitrogens with two attached hydrogens (primary N) is 1. The Morgan fingerprint density at radius 3 is 2.52 bits per heavy atom. The van der Waals surface area contributed by atoms with Crippen LogP contribution in [0.25, 0.3) is 16.9 Å². The topological polar surface area (TPSA) is 78.3 Å². The first-order valence-corrected chi connectivity index (χ1v) is 6.09. The molecule has 0 saturated carbocycles. The third kappa shape index (κ3) is 2.04. The Morgan fingerprint density at radius 1 is 1.24 bits per heavy atom. The van der Waals surface area contributed by atoms with Crippen LogP contribution in [0.5, 0.6) is 5.75 Å². The second kappa shape index (κ2) is 4.81. The maximum atomic E-state index is 14.2. The minimum Gasteiger partial charge on any atom is -0.497 e. The van der Waals surface area contributed by atoms with Crippen molar-refractivity contribution in [3.05, 3.63) is 35.2 Å². The number of fused-ring (bicyclic) bond motifs is 1. The number of nitrogens with zero attached hydrogens (tertiary/aromatic N) is 4. The highest BCUT2D eigenvalue weighted by Gasteiger charge is 2.22. The van der Waals surface area contributed by atoms with Crippen LogP contribution in [0.15, 0.2) is 18.5 Å². The Balaban J connectivity index is 2.35. The average Bonchev–Trinajstić information content (AvgIpc) is 2.89. The molecule has 0 aliphatic heterocycles. The monoisotopic (exact) mass is 311 g/mol. The van der Waals surface area contributed by atoms with Gasteiger partial charge in [0.15, 0.2) is 0 Å². The smallest absolute Gasteiger partial charge is 0.255 e. The summed E-state index contributed by atoms with van der Waals surface area (Å²) in [6.07, 6.45) is 1.21. The van der Waals surface area contributed by atoms with Gasteiger partial charge in [0, 0.05) is 12.1 Å². The summed E-state index contributed by atoms with van der Waals surface area (Å²) in [4.78, 5) is 7.72. The van der Waals surface area contributed by atoms with E-state index in [1.165, 1.54) is 13.4 Å². The van der Waals surface area contributed by atoms with Gasteiger partial charge in [-0.2, -0.15) is 19.6 Å². The van der Waals surface area contributed by atoms with Crippen molar-refractivity contribution in [2.24, 2.45) is 0 Å². The number of aromatic nitrogens is 4. The molecule has 1 aromatic carbocycles. The van der Waals surface area contributed by atoms with Gasteiger partial charge in [0.05, 0.1) is 18.2 Å². The van der Waals surface area contributed by atoms with E-state index in [0.717, 1.165) is 16.6 Å². The van der Waals surface area contributed by atoms with Gasteiger partial charge in [0.25, 0.3) is 5.78 Å². The van der Waals surface area contributed by atoms with Crippen molar-refractivity contribution in [1.82, 2.24) is 19.6 Å². The Bertz CT molecular complexity index is 828. The second-order valence-electron chi connectivity index (χ2n) is 4.10. The fourth-order valence-corrected chi connectivity index (χ4v) is 2.24. The van der Waals surface area contributed by atoms with Crippen LogP contribution in [0.3, 0.4) is 0 Å². The Morgan fingerprint density at radius 2 is 1.90 bits per heavy atom. The third-order valence-corrected chi connectivity index (χ3v) is 3.19. The number of rotatable bonds is 2. The lowest BCUT2D eigenvalue weighted by Crippen LogP contribution is -2.06. The molecule has 0 aliphatic carbocycles. The molecule has 0 radical (unpaired) electrons. The molecule has 3 aromatic rings. The fraction of sp³-hybridized carbons (Fsp3) is 0.0833. The molecule has 3 rings (SSSR count). The molecule has 0 amide bonds. The van der Waals surface area contributed by atoms with E-state index in [0.29, 0.717) is 0 Å². The van der Waals surface area contributed by atoms with E-state index in [1.807, 2.05) is 0 Å². The summed E-state index contributed by atoms with van der Waals surface area (Å²) in [5, 5.41) is 3.66. The number of methoxy groups -OCH3 is 1. The van der Waals surface area contributed by atoms with Crippen molar-refractivity contribution in [2.75, 3.05) is 12.8 Å². The van der Waals surface area contributed by atoms with Crippen LogP contribution in [0.4, 0.5) is 14.6 Å². The number of halogens is 3. The van der Waals surface area contributed by atoms with Gasteiger partial charge < -0.3 is 10.5 Å². The minimum absolute atomic E-state index is 0.0400. The normalized spacial score (nSPS) is 11.0. The standard InChI is InChI=1S/C12H8ClF2N5O/c1-21-5-2-6(14)8(7(15)3-5)9-10(13)19-12-17-4-18-20(12)11(9)16/h2-4H,16H2,1H3. The largest absolute Gasteiger partial charge is 0.497 e. The summed E-state index contributed by atoms with van der Waals surface area (Å²) >= 11 is 5.98. The molecule has 2 aromatic heterocycles. The van der Waals surface area contributed by atoms with Crippen LogP contribution in [0.1, 0.15) is 0 Å². The summed E-state index contributed by atoms with van der Waals surface area (Å²) in [5.41, 5.74) is 5.39. The quantitative estimate of drug-likeness (QED) is 0.735. The maximum Gasteiger partial charge on any atom is 0.255 e. The number of benzene rings is 1. The Kier molecular flexibility index (Phi) is 3.09. The summed E-state index contributed by atoms with van der Waals surface area (Å²) in [7, 11) is 1.30. The molecule has 0 spiro atoms. The molecule has 2 N–H and O–H groups in total. The summed E-state index contributed by atoms with van der Waals surface area (Å²) in [5.74, 6) is -1.64. The van der Waals surface area contributed by atoms with Crippen LogP contribution < -0.4 is 10.5 Å². The molecule has 2 heterocycles. The lowest BCUT2D eigenvalue weighted by Gasteiger charge is -2.12. The highest BCUT2D eigenvalue weighted by molar-refractivity contribution is 6.32. The Labute approximate surface area is 122 Å². The zero-order valence-electron chi connectivity index (χ0n) is 10.6. The minimum atomic E-state index is -0.873. The number of hydrogen-bond donors (Lipinski definition) is 1. The lowest BCUT2D eigenvalue weighted by atomic mass is 10.1. The van der Waals surface area contributed by atoms with Gasteiger partial charge in [-0.05, 0) is 0 Å². The van der Waals surface area contributed by atoms with Crippen LogP contribution in [0, 0.1) is 11.6 Å². The summed E-state index contributed by atoms with van der Waals surface area (Å²) in [6.45, 7) is 0. The molecule has 9 heteroatoms. The van der Waals surface area contributed by atoms with E-state index in [1.54, 1.807) is 0 Å². The van der Waals surface area contributed by atoms with Crippen molar-refractivity contribution >= 4 is 23.2 Å². The van der Waals surface area contributed by atoms with Crippen molar-refractivity contribution in [1.29, 1.82) is 0 Å². The van der Waals surface area contributed by atoms with Gasteiger partial charge in [-0.3, -0.25) is 0 Å². The first kappa shape index (κ1) is 13.5. The molecule has 0 bridgehead atoms. The van der Waals surface area contributed by atoms with Crippen LogP contribution in [0.2, 0.25) is 5.15 Å². The highest BCUT2D eigenvalue weighted by Crippen LogP contribution is 2.37. The number of anilines is 1. The summed E-state index contributed by atoms with van der Waals surface area (Å²) < 4.78 is 34.3. The van der Waals surface area contributed by atoms with E-state index >= 15 is 0 Å². The number of hydrogen-bond acceptors (Lipinski definition) is 5. The van der Waals surface area contributed by atoms with Crippen molar-refractivity contribution in [2.45, 2.75) is 0 Å². The average molecular weight is 312 g/mol. The first-order chi connectivity index (χ1) is 10.0. The van der Waals surface area contributed by atoms with Crippen LogP contribution in [-0.2, 0) is 0 Å². The van der Waals surface area contributed by atoms with E-state index in [2.05, 4.69) is 15.1 Å². The van der Waals surface area contributed by atoms with Crippen molar-refractivity contribution < 1.29 is 13.5 Å². The van der Waals surface area contributed by atoms with Crippen LogP contribution in [-0.4, -0.2) is 26.7 Å². The molecule has 0 unspecified atom stereocenters. The fourth-order valence-electron chi connectivity index (χ4n) is 1.97. The van der Waals surface area contributed by atoms with Gasteiger partial charge in [0.1, 0.15) is 34.7 Å². The molecular formula is C12H8ClF2N5O. The molecule has 108 valence electrons. The second-order valence-corrected chi connectivity index (χ2v) is 4.46. The number of ether oxygens (including phenoxy) is 1. The Hall–Kier alpha value is -2.48. The SMILES string of the molecule is COc1cc(F)c(-c2c(Cl)nc3ncnn3c2N)c(F)c1. The van der Waals surface area contributed by atoms with Gasteiger partial charge in [0.2, 0.25) is 0 Å². The molecule has 0 fully saturated rings. The zero-order chi connectivity index (χ0) is 15.1. The van der Waals surface area contributed by atoms with Gasteiger partial charge in [-0.15, -0.1) is 0 Å². The molecular weight excluding hydrogens is 304 g/mol. The first-order valence-electron chi connectivity index (χ1n) is 5.71. The molecule has 6 nitrogen and oxygen atoms in total. The van der Waals surface area contributed by atoms with E-state index in [-0.39, 0.29) is 28.1 Å². The molecule has 0 aliphatic rings. The van der Waals surface area contributed by atoms with E-state index in [9.17, 15) is 8.78 Å². The summed E-state index contributed by atoms with van der Waals surface area (Å²) in [6, 6.07) is 2.05.